The first-order valence-electron chi connectivity index (χ1n) is 4.19. The van der Waals surface area contributed by atoms with E-state index in [0.717, 1.165) is 32.3 Å². The normalized spacial score (nSPS) is 23.5. The Morgan fingerprint density at radius 1 is 1.08 bits per heavy atom. The minimum absolute atomic E-state index is 0.292. The maximum Gasteiger partial charge on any atom is 0.0538 e. The van der Waals surface area contributed by atoms with Crippen molar-refractivity contribution in [2.75, 3.05) is 38.9 Å². The molecule has 0 aromatic carbocycles. The summed E-state index contributed by atoms with van der Waals surface area (Å²) in [5.74, 6) is 1.87. The number of ether oxygens (including phenoxy) is 2. The van der Waals surface area contributed by atoms with Crippen molar-refractivity contribution in [2.45, 2.75) is 0 Å². The van der Waals surface area contributed by atoms with Crippen molar-refractivity contribution in [2.24, 2.45) is 11.8 Å². The number of alkyl halides is 1. The highest BCUT2D eigenvalue weighted by molar-refractivity contribution is 6.18. The standard InChI is InChI=1S/C4H7ClO.C4H8O2/c2*5-1-4-2-6-3-4/h4H,1-3H2;4-5H,1-3H2. The van der Waals surface area contributed by atoms with Crippen LogP contribution in [0.15, 0.2) is 0 Å². The minimum Gasteiger partial charge on any atom is -0.396 e. The van der Waals surface area contributed by atoms with Gasteiger partial charge in [-0.1, -0.05) is 0 Å². The second-order valence-electron chi connectivity index (χ2n) is 3.14. The van der Waals surface area contributed by atoms with Crippen molar-refractivity contribution >= 4 is 11.6 Å². The summed E-state index contributed by atoms with van der Waals surface area (Å²) >= 11 is 5.42. The first-order chi connectivity index (χ1) is 5.86. The molecule has 0 aliphatic carbocycles. The molecule has 0 saturated carbocycles. The zero-order chi connectivity index (χ0) is 8.81. The summed E-state index contributed by atoms with van der Waals surface area (Å²) in [6, 6.07) is 0. The smallest absolute Gasteiger partial charge is 0.0538 e. The van der Waals surface area contributed by atoms with E-state index in [2.05, 4.69) is 0 Å². The first-order valence-corrected chi connectivity index (χ1v) is 4.72. The number of aliphatic hydroxyl groups is 1. The molecule has 72 valence electrons. The van der Waals surface area contributed by atoms with Crippen LogP contribution in [0.2, 0.25) is 0 Å². The van der Waals surface area contributed by atoms with Gasteiger partial charge in [-0.05, 0) is 0 Å². The third-order valence-corrected chi connectivity index (χ3v) is 2.33. The Kier molecular flexibility index (Phi) is 4.92. The lowest BCUT2D eigenvalue weighted by Crippen LogP contribution is -2.30. The second-order valence-corrected chi connectivity index (χ2v) is 3.45. The molecule has 2 heterocycles. The molecule has 3 nitrogen and oxygen atoms in total. The fraction of sp³-hybridized carbons (Fsp3) is 1.00. The van der Waals surface area contributed by atoms with E-state index in [1.54, 1.807) is 0 Å². The predicted molar refractivity (Wildman–Crippen MR) is 46.4 cm³/mol. The lowest BCUT2D eigenvalue weighted by Gasteiger charge is -2.22. The van der Waals surface area contributed by atoms with Crippen LogP contribution >= 0.6 is 11.6 Å². The summed E-state index contributed by atoms with van der Waals surface area (Å²) < 4.78 is 9.61. The Morgan fingerprint density at radius 3 is 1.58 bits per heavy atom. The molecule has 0 unspecified atom stereocenters. The van der Waals surface area contributed by atoms with E-state index in [1.165, 1.54) is 0 Å². The molecular formula is C8H15ClO3. The van der Waals surface area contributed by atoms with Crippen LogP contribution in [0.4, 0.5) is 0 Å². The molecule has 4 heteroatoms. The zero-order valence-corrected chi connectivity index (χ0v) is 7.79. The third-order valence-electron chi connectivity index (χ3n) is 1.89. The van der Waals surface area contributed by atoms with Crippen molar-refractivity contribution in [1.29, 1.82) is 0 Å². The minimum atomic E-state index is 0.292. The summed E-state index contributed by atoms with van der Waals surface area (Å²) in [6.07, 6.45) is 0. The van der Waals surface area contributed by atoms with Gasteiger partial charge in [0.2, 0.25) is 0 Å². The van der Waals surface area contributed by atoms with Crippen LogP contribution in [0.1, 0.15) is 0 Å². The van der Waals surface area contributed by atoms with Crippen molar-refractivity contribution in [3.63, 3.8) is 0 Å². The molecule has 1 N–H and O–H groups in total. The van der Waals surface area contributed by atoms with E-state index in [0.29, 0.717) is 18.4 Å². The van der Waals surface area contributed by atoms with Gasteiger partial charge in [0.05, 0.1) is 33.0 Å². The summed E-state index contributed by atoms with van der Waals surface area (Å²) in [5.41, 5.74) is 0. The SMILES string of the molecule is ClCC1COC1.OCC1COC1. The number of hydrogen-bond acceptors (Lipinski definition) is 3. The van der Waals surface area contributed by atoms with Gasteiger partial charge in [0.15, 0.2) is 0 Å². The molecule has 2 fully saturated rings. The third kappa shape index (κ3) is 3.27. The van der Waals surface area contributed by atoms with E-state index in [4.69, 9.17) is 26.2 Å². The van der Waals surface area contributed by atoms with Crippen LogP contribution < -0.4 is 0 Å². The van der Waals surface area contributed by atoms with Gasteiger partial charge in [-0.15, -0.1) is 11.6 Å². The summed E-state index contributed by atoms with van der Waals surface area (Å²) in [5, 5.41) is 8.31. The molecule has 2 rings (SSSR count). The molecule has 2 saturated heterocycles. The molecule has 2 aliphatic rings. The Hall–Kier alpha value is 0.170. The maximum absolute atomic E-state index is 8.31. The number of aliphatic hydroxyl groups excluding tert-OH is 1. The molecule has 0 aromatic rings. The van der Waals surface area contributed by atoms with Crippen LogP contribution in [-0.4, -0.2) is 44.0 Å². The average Bonchev–Trinajstić information content (AvgIpc) is 1.83. The fourth-order valence-electron chi connectivity index (χ4n) is 0.764. The summed E-state index contributed by atoms with van der Waals surface area (Å²) in [7, 11) is 0. The van der Waals surface area contributed by atoms with Crippen LogP contribution in [0.3, 0.4) is 0 Å². The summed E-state index contributed by atoms with van der Waals surface area (Å²) in [4.78, 5) is 0. The van der Waals surface area contributed by atoms with Crippen LogP contribution in [0.5, 0.6) is 0 Å². The lowest BCUT2D eigenvalue weighted by molar-refractivity contribution is -0.0554. The maximum atomic E-state index is 8.31. The topological polar surface area (TPSA) is 38.7 Å². The van der Waals surface area contributed by atoms with Gasteiger partial charge >= 0.3 is 0 Å². The van der Waals surface area contributed by atoms with Gasteiger partial charge in [0.25, 0.3) is 0 Å². The molecule has 0 aromatic heterocycles. The molecule has 0 radical (unpaired) electrons. The van der Waals surface area contributed by atoms with Crippen LogP contribution in [0.25, 0.3) is 0 Å². The quantitative estimate of drug-likeness (QED) is 0.651. The Balaban J connectivity index is 0.000000120. The molecule has 0 atom stereocenters. The van der Waals surface area contributed by atoms with Gasteiger partial charge in [0.1, 0.15) is 0 Å². The predicted octanol–water partition coefficient (Wildman–Crippen LogP) is 0.497. The van der Waals surface area contributed by atoms with Crippen molar-refractivity contribution in [3.8, 4) is 0 Å². The Labute approximate surface area is 77.6 Å². The van der Waals surface area contributed by atoms with Crippen molar-refractivity contribution < 1.29 is 14.6 Å². The Morgan fingerprint density at radius 2 is 1.58 bits per heavy atom. The molecule has 0 amide bonds. The largest absolute Gasteiger partial charge is 0.396 e. The van der Waals surface area contributed by atoms with Gasteiger partial charge in [0, 0.05) is 17.7 Å². The Bertz CT molecular complexity index is 93.4. The van der Waals surface area contributed by atoms with E-state index >= 15 is 0 Å². The first kappa shape index (κ1) is 10.3. The highest BCUT2D eigenvalue weighted by atomic mass is 35.5. The molecule has 12 heavy (non-hydrogen) atoms. The van der Waals surface area contributed by atoms with Gasteiger partial charge in [-0.25, -0.2) is 0 Å². The highest BCUT2D eigenvalue weighted by Crippen LogP contribution is 2.10. The molecule has 0 spiro atoms. The molecule has 0 bridgehead atoms. The molecular weight excluding hydrogens is 180 g/mol. The van der Waals surface area contributed by atoms with Crippen molar-refractivity contribution in [1.82, 2.24) is 0 Å². The van der Waals surface area contributed by atoms with Gasteiger partial charge in [-0.3, -0.25) is 0 Å². The fourth-order valence-corrected chi connectivity index (χ4v) is 0.942. The highest BCUT2D eigenvalue weighted by Gasteiger charge is 2.16. The van der Waals surface area contributed by atoms with Crippen LogP contribution in [0, 0.1) is 11.8 Å². The zero-order valence-electron chi connectivity index (χ0n) is 7.04. The average molecular weight is 195 g/mol. The number of rotatable bonds is 2. The lowest BCUT2D eigenvalue weighted by atomic mass is 10.1. The van der Waals surface area contributed by atoms with E-state index in [1.807, 2.05) is 0 Å². The molecule has 2 aliphatic heterocycles. The van der Waals surface area contributed by atoms with Crippen molar-refractivity contribution in [3.05, 3.63) is 0 Å². The van der Waals surface area contributed by atoms with Gasteiger partial charge in [-0.2, -0.15) is 0 Å². The van der Waals surface area contributed by atoms with Crippen LogP contribution in [-0.2, 0) is 9.47 Å². The number of hydrogen-bond donors (Lipinski definition) is 1. The van der Waals surface area contributed by atoms with E-state index in [-0.39, 0.29) is 0 Å². The number of halogens is 1. The monoisotopic (exact) mass is 194 g/mol. The van der Waals surface area contributed by atoms with E-state index in [9.17, 15) is 0 Å². The van der Waals surface area contributed by atoms with E-state index < -0.39 is 0 Å². The summed E-state index contributed by atoms with van der Waals surface area (Å²) in [6.45, 7) is 3.57. The van der Waals surface area contributed by atoms with Gasteiger partial charge < -0.3 is 14.6 Å². The second kappa shape index (κ2) is 5.75.